The third kappa shape index (κ3) is 7.75. The van der Waals surface area contributed by atoms with E-state index in [1.165, 1.54) is 12.1 Å². The summed E-state index contributed by atoms with van der Waals surface area (Å²) >= 11 is 0. The molecule has 0 N–H and O–H groups in total. The molecule has 2 aromatic rings. The van der Waals surface area contributed by atoms with Crippen molar-refractivity contribution < 1.29 is 27.9 Å². The zero-order valence-corrected chi connectivity index (χ0v) is 28.8. The zero-order chi connectivity index (χ0) is 34.4. The molecule has 3 amide bonds. The summed E-state index contributed by atoms with van der Waals surface area (Å²) in [5.74, 6) is -1.37. The van der Waals surface area contributed by atoms with E-state index in [9.17, 15) is 23.2 Å². The van der Waals surface area contributed by atoms with Gasteiger partial charge in [-0.3, -0.25) is 24.4 Å². The average Bonchev–Trinajstić information content (AvgIpc) is 3.23. The van der Waals surface area contributed by atoms with Crippen LogP contribution in [0.25, 0.3) is 0 Å². The van der Waals surface area contributed by atoms with Crippen LogP contribution in [0.2, 0.25) is 0 Å². The molecule has 3 atom stereocenters. The predicted molar refractivity (Wildman–Crippen MR) is 175 cm³/mol. The SMILES string of the molecule is C[C@@H]1CN(CC(=O)N2CC(C)(C)c3cnc(Cc4ccc(F)cc4F)cc32)[C@@H](CN2C[C@H](C)N(C)CC2=O)CN1C(=O)OC(C)(C)C. The molecule has 1 aromatic heterocycles. The number of hydrogen-bond donors (Lipinski definition) is 0. The molecule has 47 heavy (non-hydrogen) atoms. The number of likely N-dealkylation sites (N-methyl/N-ethyl adjacent to an activating group) is 1. The van der Waals surface area contributed by atoms with E-state index in [0.29, 0.717) is 50.5 Å². The Morgan fingerprint density at radius 3 is 2.47 bits per heavy atom. The lowest BCUT2D eigenvalue weighted by Crippen LogP contribution is -2.65. The average molecular weight is 655 g/mol. The van der Waals surface area contributed by atoms with Crippen molar-refractivity contribution in [3.8, 4) is 0 Å². The number of benzene rings is 1. The number of carbonyl (C=O) groups is 3. The van der Waals surface area contributed by atoms with E-state index < -0.39 is 23.3 Å². The van der Waals surface area contributed by atoms with E-state index in [4.69, 9.17) is 4.74 Å². The van der Waals surface area contributed by atoms with Gasteiger partial charge in [-0.05, 0) is 59.4 Å². The highest BCUT2D eigenvalue weighted by Crippen LogP contribution is 2.41. The van der Waals surface area contributed by atoms with Crippen molar-refractivity contribution in [2.24, 2.45) is 0 Å². The van der Waals surface area contributed by atoms with Crippen LogP contribution in [0.5, 0.6) is 0 Å². The molecule has 0 spiro atoms. The molecule has 0 bridgehead atoms. The number of nitrogens with zero attached hydrogens (tertiary/aromatic N) is 6. The van der Waals surface area contributed by atoms with Gasteiger partial charge in [0, 0.05) is 86.2 Å². The van der Waals surface area contributed by atoms with Crippen LogP contribution >= 0.6 is 0 Å². The van der Waals surface area contributed by atoms with Crippen LogP contribution in [0.3, 0.4) is 0 Å². The van der Waals surface area contributed by atoms with E-state index in [2.05, 4.69) is 30.7 Å². The minimum atomic E-state index is -0.658. The number of halogens is 2. The quantitative estimate of drug-likeness (QED) is 0.465. The van der Waals surface area contributed by atoms with E-state index in [1.807, 2.05) is 50.6 Å². The number of aromatic nitrogens is 1. The second-order valence-electron chi connectivity index (χ2n) is 15.1. The van der Waals surface area contributed by atoms with Gasteiger partial charge in [-0.1, -0.05) is 19.9 Å². The second kappa shape index (κ2) is 13.1. The molecule has 2 saturated heterocycles. The lowest BCUT2D eigenvalue weighted by atomic mass is 9.88. The maximum atomic E-state index is 14.5. The van der Waals surface area contributed by atoms with E-state index in [1.54, 1.807) is 16.0 Å². The van der Waals surface area contributed by atoms with Gasteiger partial charge in [-0.15, -0.1) is 0 Å². The number of hydrogen-bond acceptors (Lipinski definition) is 7. The van der Waals surface area contributed by atoms with Crippen LogP contribution in [0.1, 0.15) is 65.3 Å². The van der Waals surface area contributed by atoms with Gasteiger partial charge in [0.2, 0.25) is 11.8 Å². The van der Waals surface area contributed by atoms with Crippen LogP contribution < -0.4 is 4.90 Å². The molecule has 0 saturated carbocycles. The monoisotopic (exact) mass is 654 g/mol. The highest BCUT2D eigenvalue weighted by Gasteiger charge is 2.43. The summed E-state index contributed by atoms with van der Waals surface area (Å²) < 4.78 is 33.7. The Morgan fingerprint density at radius 1 is 1.06 bits per heavy atom. The van der Waals surface area contributed by atoms with Gasteiger partial charge in [0.1, 0.15) is 17.2 Å². The number of anilines is 1. The summed E-state index contributed by atoms with van der Waals surface area (Å²) in [6.07, 6.45) is 1.50. The largest absolute Gasteiger partial charge is 0.444 e. The second-order valence-corrected chi connectivity index (χ2v) is 15.1. The summed E-state index contributed by atoms with van der Waals surface area (Å²) in [4.78, 5) is 54.5. The number of piperazine rings is 2. The number of fused-ring (bicyclic) bond motifs is 1. The molecule has 10 nitrogen and oxygen atoms in total. The number of rotatable bonds is 6. The predicted octanol–water partition coefficient (Wildman–Crippen LogP) is 4.05. The molecule has 0 radical (unpaired) electrons. The lowest BCUT2D eigenvalue weighted by Gasteiger charge is -2.47. The van der Waals surface area contributed by atoms with Crippen molar-refractivity contribution in [1.29, 1.82) is 0 Å². The molecule has 3 aliphatic heterocycles. The van der Waals surface area contributed by atoms with Crippen LogP contribution in [-0.2, 0) is 26.2 Å². The Morgan fingerprint density at radius 2 is 1.79 bits per heavy atom. The first-order valence-electron chi connectivity index (χ1n) is 16.4. The Bertz CT molecular complexity index is 1530. The Balaban J connectivity index is 1.38. The molecule has 1 aromatic carbocycles. The summed E-state index contributed by atoms with van der Waals surface area (Å²) in [6.45, 7) is 16.2. The summed E-state index contributed by atoms with van der Waals surface area (Å²) in [6, 6.07) is 5.00. The maximum Gasteiger partial charge on any atom is 0.410 e. The third-order valence-electron chi connectivity index (χ3n) is 9.53. The molecule has 3 aliphatic rings. The number of ether oxygens (including phenoxy) is 1. The molecule has 4 heterocycles. The molecule has 0 aliphatic carbocycles. The van der Waals surface area contributed by atoms with Crippen molar-refractivity contribution in [1.82, 2.24) is 24.6 Å². The Kier molecular flexibility index (Phi) is 9.67. The zero-order valence-electron chi connectivity index (χ0n) is 28.8. The maximum absolute atomic E-state index is 14.5. The lowest BCUT2D eigenvalue weighted by molar-refractivity contribution is -0.139. The fraction of sp³-hybridized carbons (Fsp3) is 0.600. The van der Waals surface area contributed by atoms with Gasteiger partial charge in [0.05, 0.1) is 18.8 Å². The molecule has 12 heteroatoms. The molecule has 0 unspecified atom stereocenters. The van der Waals surface area contributed by atoms with E-state index in [0.717, 1.165) is 17.3 Å². The van der Waals surface area contributed by atoms with Gasteiger partial charge < -0.3 is 19.4 Å². The molecular weight excluding hydrogens is 606 g/mol. The van der Waals surface area contributed by atoms with Gasteiger partial charge in [0.15, 0.2) is 0 Å². The van der Waals surface area contributed by atoms with Crippen molar-refractivity contribution in [2.45, 2.75) is 84.0 Å². The van der Waals surface area contributed by atoms with Crippen molar-refractivity contribution >= 4 is 23.6 Å². The van der Waals surface area contributed by atoms with Crippen molar-refractivity contribution in [2.75, 3.05) is 57.8 Å². The number of carbonyl (C=O) groups excluding carboxylic acids is 3. The summed E-state index contributed by atoms with van der Waals surface area (Å²) in [5.41, 5.74) is 1.53. The van der Waals surface area contributed by atoms with Crippen LogP contribution in [-0.4, -0.2) is 119 Å². The fourth-order valence-electron chi connectivity index (χ4n) is 6.75. The Labute approximate surface area is 276 Å². The van der Waals surface area contributed by atoms with Gasteiger partial charge in [0.25, 0.3) is 0 Å². The minimum Gasteiger partial charge on any atom is -0.444 e. The fourth-order valence-corrected chi connectivity index (χ4v) is 6.75. The number of amides is 3. The molecule has 256 valence electrons. The van der Waals surface area contributed by atoms with Crippen molar-refractivity contribution in [3.05, 3.63) is 58.9 Å². The standard InChI is InChI=1S/C35H48F2N6O4/c1-22-15-41(31(44)19-39(22)8)17-27-18-42(33(46)47-34(3,4)5)23(2)16-40(27)20-32(45)43-21-35(6,7)28-14-38-26(13-30(28)43)11-24-9-10-25(36)12-29(24)37/h9-10,12-14,22-23,27H,11,15-21H2,1-8H3/t22-,23+,27-/m0/s1. The van der Waals surface area contributed by atoms with Gasteiger partial charge in [-0.25, -0.2) is 13.6 Å². The first kappa shape index (κ1) is 34.7. The third-order valence-corrected chi connectivity index (χ3v) is 9.53. The highest BCUT2D eigenvalue weighted by atomic mass is 19.1. The minimum absolute atomic E-state index is 0.0205. The van der Waals surface area contributed by atoms with E-state index in [-0.39, 0.29) is 48.3 Å². The summed E-state index contributed by atoms with van der Waals surface area (Å²) in [7, 11) is 1.93. The van der Waals surface area contributed by atoms with E-state index >= 15 is 0 Å². The van der Waals surface area contributed by atoms with Crippen molar-refractivity contribution in [3.63, 3.8) is 0 Å². The first-order valence-corrected chi connectivity index (χ1v) is 16.4. The highest BCUT2D eigenvalue weighted by molar-refractivity contribution is 5.97. The molecule has 5 rings (SSSR count). The smallest absolute Gasteiger partial charge is 0.410 e. The topological polar surface area (TPSA) is 89.5 Å². The normalized spacial score (nSPS) is 23.7. The molecular formula is C35H48F2N6O4. The Hall–Kier alpha value is -3.64. The first-order chi connectivity index (χ1) is 21.9. The molecule has 2 fully saturated rings. The van der Waals surface area contributed by atoms with Gasteiger partial charge >= 0.3 is 6.09 Å². The van der Waals surface area contributed by atoms with Gasteiger partial charge in [-0.2, -0.15) is 0 Å². The summed E-state index contributed by atoms with van der Waals surface area (Å²) in [5, 5.41) is 0. The van der Waals surface area contributed by atoms with Crippen LogP contribution in [0.4, 0.5) is 19.3 Å². The van der Waals surface area contributed by atoms with Crippen LogP contribution in [0, 0.1) is 11.6 Å². The van der Waals surface area contributed by atoms with Crippen LogP contribution in [0.15, 0.2) is 30.5 Å². The number of pyridine rings is 1.